The Morgan fingerprint density at radius 2 is 1.63 bits per heavy atom. The van der Waals surface area contributed by atoms with Gasteiger partial charge in [-0.05, 0) is 81.1 Å². The Balaban J connectivity index is 1.84. The summed E-state index contributed by atoms with van der Waals surface area (Å²) in [4.78, 5) is 29.4. The fourth-order valence-electron chi connectivity index (χ4n) is 3.10. The smallest absolute Gasteiger partial charge is 0.272 e. The van der Waals surface area contributed by atoms with Crippen molar-refractivity contribution in [2.45, 2.75) is 47.6 Å². The van der Waals surface area contributed by atoms with Gasteiger partial charge in [0.1, 0.15) is 5.69 Å². The average molecular weight is 363 g/mol. The topological polar surface area (TPSA) is 64.0 Å². The van der Waals surface area contributed by atoms with Gasteiger partial charge in [0.25, 0.3) is 5.56 Å². The highest BCUT2D eigenvalue weighted by Gasteiger charge is 2.12. The van der Waals surface area contributed by atoms with Crippen molar-refractivity contribution in [1.29, 1.82) is 0 Å². The number of carbonyl (C=O) groups excluding carboxylic acids is 1. The van der Waals surface area contributed by atoms with E-state index >= 15 is 0 Å². The molecule has 0 unspecified atom stereocenters. The molecule has 140 valence electrons. The number of benzene rings is 2. The Morgan fingerprint density at radius 1 is 0.963 bits per heavy atom. The van der Waals surface area contributed by atoms with Gasteiger partial charge in [-0.1, -0.05) is 6.07 Å². The molecule has 0 aliphatic heterocycles. The van der Waals surface area contributed by atoms with E-state index in [1.165, 1.54) is 5.56 Å². The van der Waals surface area contributed by atoms with Gasteiger partial charge in [-0.2, -0.15) is 0 Å². The first-order chi connectivity index (χ1) is 12.8. The van der Waals surface area contributed by atoms with E-state index in [2.05, 4.69) is 10.3 Å². The van der Waals surface area contributed by atoms with E-state index < -0.39 is 0 Å². The van der Waals surface area contributed by atoms with E-state index in [0.29, 0.717) is 12.2 Å². The van der Waals surface area contributed by atoms with Crippen LogP contribution in [0.1, 0.15) is 34.4 Å². The summed E-state index contributed by atoms with van der Waals surface area (Å²) in [6.45, 7) is 10.1. The van der Waals surface area contributed by atoms with Crippen LogP contribution in [0.25, 0.3) is 11.0 Å². The quantitative estimate of drug-likeness (QED) is 0.763. The summed E-state index contributed by atoms with van der Waals surface area (Å²) in [5.41, 5.74) is 7.17. The Bertz CT molecular complexity index is 1100. The lowest BCUT2D eigenvalue weighted by atomic mass is 10.1. The summed E-state index contributed by atoms with van der Waals surface area (Å²) < 4.78 is 1.66. The van der Waals surface area contributed by atoms with Crippen LogP contribution in [-0.4, -0.2) is 15.5 Å². The third-order valence-corrected chi connectivity index (χ3v) is 5.08. The number of hydrogen-bond acceptors (Lipinski definition) is 3. The molecule has 0 bridgehead atoms. The second-order valence-electron chi connectivity index (χ2n) is 7.18. The minimum absolute atomic E-state index is 0.114. The number of fused-ring (bicyclic) bond motifs is 1. The van der Waals surface area contributed by atoms with Crippen LogP contribution in [0, 0.1) is 34.6 Å². The van der Waals surface area contributed by atoms with Gasteiger partial charge in [0.15, 0.2) is 0 Å². The van der Waals surface area contributed by atoms with Crippen LogP contribution in [0.15, 0.2) is 35.1 Å². The number of aromatic nitrogens is 2. The van der Waals surface area contributed by atoms with Crippen LogP contribution in [0.3, 0.4) is 0 Å². The fraction of sp³-hybridized carbons (Fsp3) is 0.318. The van der Waals surface area contributed by atoms with Crippen molar-refractivity contribution in [1.82, 2.24) is 9.55 Å². The minimum atomic E-state index is -0.148. The molecule has 5 heteroatoms. The standard InChI is InChI=1S/C22H25N3O2/c1-13-6-7-18(10-14(13)2)24-21(26)8-9-25-20-12-16(4)15(3)11-19(20)23-17(5)22(25)27/h6-7,10-12H,8-9H2,1-5H3,(H,24,26). The number of amides is 1. The maximum Gasteiger partial charge on any atom is 0.272 e. The Labute approximate surface area is 159 Å². The van der Waals surface area contributed by atoms with Gasteiger partial charge < -0.3 is 9.88 Å². The summed E-state index contributed by atoms with van der Waals surface area (Å²) in [7, 11) is 0. The van der Waals surface area contributed by atoms with Gasteiger partial charge in [0.05, 0.1) is 11.0 Å². The van der Waals surface area contributed by atoms with Crippen LogP contribution in [-0.2, 0) is 11.3 Å². The van der Waals surface area contributed by atoms with Gasteiger partial charge in [0.2, 0.25) is 5.91 Å². The molecule has 5 nitrogen and oxygen atoms in total. The van der Waals surface area contributed by atoms with E-state index in [1.54, 1.807) is 11.5 Å². The number of nitrogens with one attached hydrogen (secondary N) is 1. The van der Waals surface area contributed by atoms with Gasteiger partial charge in [-0.3, -0.25) is 9.59 Å². The number of nitrogens with zero attached hydrogens (tertiary/aromatic N) is 2. The van der Waals surface area contributed by atoms with Crippen LogP contribution in [0.4, 0.5) is 5.69 Å². The molecule has 0 radical (unpaired) electrons. The van der Waals surface area contributed by atoms with Gasteiger partial charge in [0, 0.05) is 18.7 Å². The molecule has 1 aromatic heterocycles. The molecule has 0 atom stereocenters. The van der Waals surface area contributed by atoms with Crippen molar-refractivity contribution in [3.05, 3.63) is 68.6 Å². The normalized spacial score (nSPS) is 11.0. The van der Waals surface area contributed by atoms with Crippen molar-refractivity contribution in [3.8, 4) is 0 Å². The zero-order valence-corrected chi connectivity index (χ0v) is 16.5. The second-order valence-corrected chi connectivity index (χ2v) is 7.18. The molecular formula is C22H25N3O2. The molecule has 0 aliphatic carbocycles. The first-order valence-corrected chi connectivity index (χ1v) is 9.12. The summed E-state index contributed by atoms with van der Waals surface area (Å²) in [5, 5.41) is 2.91. The first kappa shape index (κ1) is 18.8. The lowest BCUT2D eigenvalue weighted by molar-refractivity contribution is -0.116. The molecule has 3 aromatic rings. The molecular weight excluding hydrogens is 338 g/mol. The van der Waals surface area contributed by atoms with Crippen LogP contribution in [0.2, 0.25) is 0 Å². The van der Waals surface area contributed by atoms with Crippen LogP contribution >= 0.6 is 0 Å². The molecule has 0 saturated carbocycles. The number of anilines is 1. The largest absolute Gasteiger partial charge is 0.326 e. The highest BCUT2D eigenvalue weighted by atomic mass is 16.2. The van der Waals surface area contributed by atoms with Crippen LogP contribution < -0.4 is 10.9 Å². The highest BCUT2D eigenvalue weighted by molar-refractivity contribution is 5.91. The maximum atomic E-state index is 12.6. The molecule has 1 N–H and O–H groups in total. The third-order valence-electron chi connectivity index (χ3n) is 5.08. The Kier molecular flexibility index (Phi) is 5.13. The lowest BCUT2D eigenvalue weighted by Crippen LogP contribution is -2.26. The Hall–Kier alpha value is -2.95. The van der Waals surface area contributed by atoms with Crippen molar-refractivity contribution in [2.75, 3.05) is 5.32 Å². The zero-order valence-electron chi connectivity index (χ0n) is 16.5. The van der Waals surface area contributed by atoms with Crippen molar-refractivity contribution in [2.24, 2.45) is 0 Å². The fourth-order valence-corrected chi connectivity index (χ4v) is 3.10. The van der Waals surface area contributed by atoms with E-state index in [4.69, 9.17) is 0 Å². The molecule has 0 spiro atoms. The summed E-state index contributed by atoms with van der Waals surface area (Å²) in [5.74, 6) is -0.114. The molecule has 0 fully saturated rings. The van der Waals surface area contributed by atoms with Gasteiger partial charge in [-0.25, -0.2) is 4.98 Å². The molecule has 2 aromatic carbocycles. The lowest BCUT2D eigenvalue weighted by Gasteiger charge is -2.13. The molecule has 1 amide bonds. The zero-order chi connectivity index (χ0) is 19.7. The Morgan fingerprint density at radius 3 is 2.33 bits per heavy atom. The van der Waals surface area contributed by atoms with Crippen molar-refractivity contribution < 1.29 is 4.79 Å². The monoisotopic (exact) mass is 363 g/mol. The minimum Gasteiger partial charge on any atom is -0.326 e. The molecule has 3 rings (SSSR count). The number of rotatable bonds is 4. The van der Waals surface area contributed by atoms with E-state index in [-0.39, 0.29) is 17.9 Å². The predicted octanol–water partition coefficient (Wildman–Crippen LogP) is 3.97. The number of hydrogen-bond donors (Lipinski definition) is 1. The van der Waals surface area contributed by atoms with E-state index in [0.717, 1.165) is 33.4 Å². The molecule has 27 heavy (non-hydrogen) atoms. The van der Waals surface area contributed by atoms with Crippen molar-refractivity contribution >= 4 is 22.6 Å². The first-order valence-electron chi connectivity index (χ1n) is 9.12. The number of aryl methyl sites for hydroxylation is 6. The molecule has 0 aliphatic rings. The van der Waals surface area contributed by atoms with Crippen molar-refractivity contribution in [3.63, 3.8) is 0 Å². The van der Waals surface area contributed by atoms with Gasteiger partial charge >= 0.3 is 0 Å². The second kappa shape index (κ2) is 7.35. The predicted molar refractivity (Wildman–Crippen MR) is 109 cm³/mol. The van der Waals surface area contributed by atoms with Crippen LogP contribution in [0.5, 0.6) is 0 Å². The number of carbonyl (C=O) groups is 1. The maximum absolute atomic E-state index is 12.6. The third kappa shape index (κ3) is 3.92. The van der Waals surface area contributed by atoms with E-state index in [9.17, 15) is 9.59 Å². The SMILES string of the molecule is Cc1ccc(NC(=O)CCn2c(=O)c(C)nc3cc(C)c(C)cc32)cc1C. The molecule has 0 saturated heterocycles. The summed E-state index contributed by atoms with van der Waals surface area (Å²) in [6, 6.07) is 9.80. The van der Waals surface area contributed by atoms with Gasteiger partial charge in [-0.15, -0.1) is 0 Å². The summed E-state index contributed by atoms with van der Waals surface area (Å²) >= 11 is 0. The average Bonchev–Trinajstić information content (AvgIpc) is 2.61. The summed E-state index contributed by atoms with van der Waals surface area (Å²) in [6.07, 6.45) is 0.221. The molecule has 1 heterocycles. The highest BCUT2D eigenvalue weighted by Crippen LogP contribution is 2.18. The van der Waals surface area contributed by atoms with E-state index in [1.807, 2.05) is 58.0 Å².